The lowest BCUT2D eigenvalue weighted by Gasteiger charge is -2.34. The molecule has 2 atom stereocenters. The van der Waals surface area contributed by atoms with Crippen molar-refractivity contribution in [3.63, 3.8) is 0 Å². The van der Waals surface area contributed by atoms with Crippen LogP contribution in [0.1, 0.15) is 40.0 Å². The molecule has 0 aromatic carbocycles. The largest absolute Gasteiger partial charge is 0.383 e. The molecular weight excluding hydrogens is 218 g/mol. The Morgan fingerprint density at radius 1 is 1.41 bits per heavy atom. The van der Waals surface area contributed by atoms with Crippen molar-refractivity contribution in [3.8, 4) is 0 Å². The summed E-state index contributed by atoms with van der Waals surface area (Å²) in [5, 5.41) is 0. The Morgan fingerprint density at radius 3 is 2.53 bits per heavy atom. The maximum absolute atomic E-state index is 11.1. The predicted octanol–water partition coefficient (Wildman–Crippen LogP) is 0.892. The molecule has 2 unspecified atom stereocenters. The molecule has 0 saturated heterocycles. The fourth-order valence-corrected chi connectivity index (χ4v) is 1.88. The lowest BCUT2D eigenvalue weighted by Crippen LogP contribution is -2.42. The fourth-order valence-electron chi connectivity index (χ4n) is 1.88. The first-order chi connectivity index (χ1) is 8.06. The van der Waals surface area contributed by atoms with E-state index in [0.717, 1.165) is 26.0 Å². The molecule has 0 aromatic heterocycles. The van der Waals surface area contributed by atoms with Gasteiger partial charge in [0.05, 0.1) is 6.61 Å². The number of carbonyl (C=O) groups is 1. The van der Waals surface area contributed by atoms with Crippen LogP contribution in [0.5, 0.6) is 0 Å². The number of nitrogens with two attached hydrogens (primary N) is 1. The first kappa shape index (κ1) is 16.4. The van der Waals surface area contributed by atoms with Crippen molar-refractivity contribution in [1.29, 1.82) is 0 Å². The third-order valence-electron chi connectivity index (χ3n) is 3.23. The van der Waals surface area contributed by atoms with Crippen LogP contribution >= 0.6 is 0 Å². The summed E-state index contributed by atoms with van der Waals surface area (Å²) in [7, 11) is 1.71. The van der Waals surface area contributed by atoms with Gasteiger partial charge in [-0.05, 0) is 26.7 Å². The van der Waals surface area contributed by atoms with Crippen molar-refractivity contribution < 1.29 is 9.53 Å². The highest BCUT2D eigenvalue weighted by Crippen LogP contribution is 2.12. The van der Waals surface area contributed by atoms with Crippen LogP contribution < -0.4 is 11.3 Å². The number of nitrogens with zero attached hydrogens (tertiary/aromatic N) is 1. The number of hydrogen-bond acceptors (Lipinski definition) is 4. The second-order valence-electron chi connectivity index (χ2n) is 4.44. The number of carbonyl (C=O) groups excluding carboxylic acids is 1. The van der Waals surface area contributed by atoms with Crippen molar-refractivity contribution in [3.05, 3.63) is 0 Å². The Morgan fingerprint density at radius 2 is 2.06 bits per heavy atom. The summed E-state index contributed by atoms with van der Waals surface area (Å²) in [5.41, 5.74) is 2.16. The molecule has 0 fully saturated rings. The maximum Gasteiger partial charge on any atom is 0.233 e. The van der Waals surface area contributed by atoms with Gasteiger partial charge in [-0.25, -0.2) is 5.84 Å². The second kappa shape index (κ2) is 9.39. The highest BCUT2D eigenvalue weighted by Gasteiger charge is 2.19. The topological polar surface area (TPSA) is 67.6 Å². The number of hydrogen-bond donors (Lipinski definition) is 2. The van der Waals surface area contributed by atoms with E-state index in [4.69, 9.17) is 10.6 Å². The Labute approximate surface area is 105 Å². The molecule has 0 saturated carbocycles. The average molecular weight is 245 g/mol. The van der Waals surface area contributed by atoms with E-state index in [9.17, 15) is 4.79 Å². The molecule has 0 bridgehead atoms. The minimum absolute atomic E-state index is 0.104. The Balaban J connectivity index is 4.20. The van der Waals surface area contributed by atoms with Gasteiger partial charge in [-0.1, -0.05) is 6.92 Å². The molecule has 5 nitrogen and oxygen atoms in total. The molecule has 0 heterocycles. The lowest BCUT2D eigenvalue weighted by molar-refractivity contribution is -0.121. The predicted molar refractivity (Wildman–Crippen MR) is 69.4 cm³/mol. The van der Waals surface area contributed by atoms with Gasteiger partial charge in [0.1, 0.15) is 0 Å². The van der Waals surface area contributed by atoms with Gasteiger partial charge in [0.15, 0.2) is 0 Å². The minimum Gasteiger partial charge on any atom is -0.383 e. The number of ether oxygens (including phenoxy) is 1. The molecule has 17 heavy (non-hydrogen) atoms. The number of rotatable bonds is 9. The van der Waals surface area contributed by atoms with Crippen LogP contribution in [0, 0.1) is 0 Å². The van der Waals surface area contributed by atoms with Crippen molar-refractivity contribution >= 4 is 5.91 Å². The van der Waals surface area contributed by atoms with E-state index in [-0.39, 0.29) is 5.91 Å². The molecule has 5 heteroatoms. The fraction of sp³-hybridized carbons (Fsp3) is 0.917. The van der Waals surface area contributed by atoms with E-state index in [0.29, 0.717) is 18.5 Å². The Kier molecular flexibility index (Phi) is 9.03. The molecule has 0 radical (unpaired) electrons. The van der Waals surface area contributed by atoms with Crippen molar-refractivity contribution in [2.75, 3.05) is 20.3 Å². The van der Waals surface area contributed by atoms with Crippen molar-refractivity contribution in [2.24, 2.45) is 5.84 Å². The maximum atomic E-state index is 11.1. The highest BCUT2D eigenvalue weighted by atomic mass is 16.5. The van der Waals surface area contributed by atoms with Gasteiger partial charge >= 0.3 is 0 Å². The van der Waals surface area contributed by atoms with Gasteiger partial charge < -0.3 is 4.74 Å². The first-order valence-electron chi connectivity index (χ1n) is 6.30. The summed E-state index contributed by atoms with van der Waals surface area (Å²) in [5.74, 6) is 4.96. The summed E-state index contributed by atoms with van der Waals surface area (Å²) in [6.45, 7) is 8.14. The lowest BCUT2D eigenvalue weighted by atomic mass is 10.1. The van der Waals surface area contributed by atoms with E-state index in [1.165, 1.54) is 0 Å². The van der Waals surface area contributed by atoms with Gasteiger partial charge in [0.2, 0.25) is 5.91 Å². The van der Waals surface area contributed by atoms with Crippen LogP contribution in [0.15, 0.2) is 0 Å². The third kappa shape index (κ3) is 6.61. The molecule has 102 valence electrons. The molecular formula is C12H27N3O2. The standard InChI is InChI=1S/C12H27N3O2/c1-5-10(2)15(8-9-17-4)11(3)6-7-12(16)14-13/h10-11H,5-9,13H2,1-4H3,(H,14,16). The summed E-state index contributed by atoms with van der Waals surface area (Å²) in [6.07, 6.45) is 2.38. The van der Waals surface area contributed by atoms with E-state index in [1.54, 1.807) is 7.11 Å². The van der Waals surface area contributed by atoms with E-state index >= 15 is 0 Å². The molecule has 0 rings (SSSR count). The zero-order valence-corrected chi connectivity index (χ0v) is 11.5. The molecule has 0 aliphatic carbocycles. The van der Waals surface area contributed by atoms with E-state index in [1.807, 2.05) is 0 Å². The molecule has 0 aliphatic heterocycles. The van der Waals surface area contributed by atoms with Crippen LogP contribution in [0.4, 0.5) is 0 Å². The monoisotopic (exact) mass is 245 g/mol. The van der Waals surface area contributed by atoms with Crippen LogP contribution in [0.25, 0.3) is 0 Å². The van der Waals surface area contributed by atoms with Crippen LogP contribution in [-0.4, -0.2) is 43.2 Å². The summed E-state index contributed by atoms with van der Waals surface area (Å²) in [4.78, 5) is 13.5. The van der Waals surface area contributed by atoms with Crippen LogP contribution in [-0.2, 0) is 9.53 Å². The normalized spacial score (nSPS) is 14.7. The summed E-state index contributed by atoms with van der Waals surface area (Å²) >= 11 is 0. The number of amides is 1. The minimum atomic E-state index is -0.104. The number of hydrazine groups is 1. The van der Waals surface area contributed by atoms with Gasteiger partial charge in [-0.3, -0.25) is 15.1 Å². The molecule has 0 spiro atoms. The number of nitrogens with one attached hydrogen (secondary N) is 1. The van der Waals surface area contributed by atoms with E-state index in [2.05, 4.69) is 31.1 Å². The highest BCUT2D eigenvalue weighted by molar-refractivity contribution is 5.75. The molecule has 1 amide bonds. The number of methoxy groups -OCH3 is 1. The van der Waals surface area contributed by atoms with E-state index < -0.39 is 0 Å². The van der Waals surface area contributed by atoms with Gasteiger partial charge in [-0.2, -0.15) is 0 Å². The smallest absolute Gasteiger partial charge is 0.233 e. The zero-order valence-electron chi connectivity index (χ0n) is 11.5. The van der Waals surface area contributed by atoms with Crippen LogP contribution in [0.3, 0.4) is 0 Å². The van der Waals surface area contributed by atoms with Gasteiger partial charge in [-0.15, -0.1) is 0 Å². The third-order valence-corrected chi connectivity index (χ3v) is 3.23. The Bertz CT molecular complexity index is 212. The molecule has 0 aliphatic rings. The van der Waals surface area contributed by atoms with Crippen molar-refractivity contribution in [2.45, 2.75) is 52.1 Å². The second-order valence-corrected chi connectivity index (χ2v) is 4.44. The quantitative estimate of drug-likeness (QED) is 0.360. The van der Waals surface area contributed by atoms with Crippen molar-refractivity contribution in [1.82, 2.24) is 10.3 Å². The Hall–Kier alpha value is -0.650. The van der Waals surface area contributed by atoms with Gasteiger partial charge in [0, 0.05) is 32.2 Å². The van der Waals surface area contributed by atoms with Crippen LogP contribution in [0.2, 0.25) is 0 Å². The summed E-state index contributed by atoms with van der Waals surface area (Å²) in [6, 6.07) is 0.860. The van der Waals surface area contributed by atoms with Gasteiger partial charge in [0.25, 0.3) is 0 Å². The molecule has 3 N–H and O–H groups in total. The average Bonchev–Trinajstić information content (AvgIpc) is 2.35. The first-order valence-corrected chi connectivity index (χ1v) is 6.30. The SMILES string of the molecule is CCC(C)N(CCOC)C(C)CCC(=O)NN. The zero-order chi connectivity index (χ0) is 13.3. The summed E-state index contributed by atoms with van der Waals surface area (Å²) < 4.78 is 5.12. The molecule has 0 aromatic rings.